The van der Waals surface area contributed by atoms with Gasteiger partial charge in [0.15, 0.2) is 0 Å². The summed E-state index contributed by atoms with van der Waals surface area (Å²) in [4.78, 5) is 10.4. The van der Waals surface area contributed by atoms with E-state index >= 15 is 0 Å². The summed E-state index contributed by atoms with van der Waals surface area (Å²) >= 11 is 1.72. The van der Waals surface area contributed by atoms with E-state index < -0.39 is 10.7 Å². The molecule has 0 aliphatic carbocycles. The summed E-state index contributed by atoms with van der Waals surface area (Å²) in [6, 6.07) is 4.01. The molecule has 0 atom stereocenters. The molecule has 17 heavy (non-hydrogen) atoms. The van der Waals surface area contributed by atoms with Gasteiger partial charge in [-0.2, -0.15) is 5.10 Å². The van der Waals surface area contributed by atoms with E-state index in [4.69, 9.17) is 0 Å². The minimum absolute atomic E-state index is 0.126. The molecule has 0 N–H and O–H groups in total. The summed E-state index contributed by atoms with van der Waals surface area (Å²) in [5.74, 6) is -0.501. The van der Waals surface area contributed by atoms with Crippen LogP contribution in [0.3, 0.4) is 0 Å². The first-order valence-electron chi connectivity index (χ1n) is 4.65. The van der Waals surface area contributed by atoms with Crippen LogP contribution >= 0.6 is 22.6 Å². The third-order valence-electron chi connectivity index (χ3n) is 2.18. The number of halogens is 2. The first kappa shape index (κ1) is 12.0. The van der Waals surface area contributed by atoms with Crippen molar-refractivity contribution in [2.45, 2.75) is 6.92 Å². The molecule has 0 saturated carbocycles. The van der Waals surface area contributed by atoms with Crippen LogP contribution in [0.4, 0.5) is 10.1 Å². The largest absolute Gasteiger partial charge is 0.296 e. The summed E-state index contributed by atoms with van der Waals surface area (Å²) < 4.78 is 15.0. The molecule has 2 rings (SSSR count). The second kappa shape index (κ2) is 4.40. The Balaban J connectivity index is 2.67. The molecule has 0 unspecified atom stereocenters. The van der Waals surface area contributed by atoms with Gasteiger partial charge in [0.25, 0.3) is 5.69 Å². The van der Waals surface area contributed by atoms with Crippen molar-refractivity contribution in [2.24, 2.45) is 0 Å². The molecule has 0 bridgehead atoms. The number of hydrogen-bond acceptors (Lipinski definition) is 3. The monoisotopic (exact) mass is 347 g/mol. The average molecular weight is 347 g/mol. The van der Waals surface area contributed by atoms with Crippen LogP contribution in [0.2, 0.25) is 0 Å². The Morgan fingerprint density at radius 3 is 2.76 bits per heavy atom. The number of aryl methyl sites for hydroxylation is 1. The minimum Gasteiger partial charge on any atom is -0.258 e. The highest BCUT2D eigenvalue weighted by molar-refractivity contribution is 14.1. The summed E-state index contributed by atoms with van der Waals surface area (Å²) in [7, 11) is 0. The molecule has 1 aromatic carbocycles. The van der Waals surface area contributed by atoms with E-state index in [1.807, 2.05) is 0 Å². The van der Waals surface area contributed by atoms with Crippen molar-refractivity contribution >= 4 is 28.3 Å². The van der Waals surface area contributed by atoms with E-state index in [2.05, 4.69) is 5.10 Å². The third-order valence-corrected chi connectivity index (χ3v) is 3.01. The van der Waals surface area contributed by atoms with Gasteiger partial charge in [-0.1, -0.05) is 0 Å². The number of nitro benzene ring substituents is 1. The quantitative estimate of drug-likeness (QED) is 0.477. The van der Waals surface area contributed by atoms with E-state index in [0.29, 0.717) is 5.69 Å². The Bertz CT molecular complexity index is 597. The topological polar surface area (TPSA) is 61.0 Å². The van der Waals surface area contributed by atoms with Crippen LogP contribution in [0.25, 0.3) is 5.69 Å². The zero-order valence-corrected chi connectivity index (χ0v) is 10.9. The van der Waals surface area contributed by atoms with Crippen LogP contribution < -0.4 is 0 Å². The third kappa shape index (κ3) is 2.28. The Morgan fingerprint density at radius 2 is 2.24 bits per heavy atom. The van der Waals surface area contributed by atoms with Gasteiger partial charge in [-0.15, -0.1) is 0 Å². The van der Waals surface area contributed by atoms with Gasteiger partial charge in [0.1, 0.15) is 11.5 Å². The highest BCUT2D eigenvalue weighted by Crippen LogP contribution is 2.27. The lowest BCUT2D eigenvalue weighted by atomic mass is 10.2. The van der Waals surface area contributed by atoms with Gasteiger partial charge in [0.2, 0.25) is 0 Å². The minimum atomic E-state index is -0.548. The molecule has 0 fully saturated rings. The predicted octanol–water partition coefficient (Wildman–Crippen LogP) is 2.83. The molecule has 7 heteroatoms. The van der Waals surface area contributed by atoms with Gasteiger partial charge in [0.05, 0.1) is 14.2 Å². The van der Waals surface area contributed by atoms with Crippen molar-refractivity contribution in [1.82, 2.24) is 9.78 Å². The maximum Gasteiger partial charge on any atom is 0.296 e. The van der Waals surface area contributed by atoms with Gasteiger partial charge < -0.3 is 0 Å². The molecule has 1 heterocycles. The van der Waals surface area contributed by atoms with Crippen LogP contribution in [0, 0.1) is 26.4 Å². The second-order valence-electron chi connectivity index (χ2n) is 3.41. The van der Waals surface area contributed by atoms with Crippen LogP contribution in [0.5, 0.6) is 0 Å². The van der Waals surface area contributed by atoms with E-state index in [0.717, 1.165) is 6.07 Å². The van der Waals surface area contributed by atoms with E-state index in [-0.39, 0.29) is 14.9 Å². The Kier molecular flexibility index (Phi) is 3.09. The van der Waals surface area contributed by atoms with Crippen molar-refractivity contribution in [3.8, 4) is 5.69 Å². The van der Waals surface area contributed by atoms with Gasteiger partial charge in [-0.3, -0.25) is 10.1 Å². The molecule has 88 valence electrons. The van der Waals surface area contributed by atoms with Crippen LogP contribution in [0.1, 0.15) is 5.69 Å². The summed E-state index contributed by atoms with van der Waals surface area (Å²) in [6.07, 6.45) is 1.56. The Hall–Kier alpha value is -1.51. The van der Waals surface area contributed by atoms with Gasteiger partial charge in [-0.25, -0.2) is 9.07 Å². The predicted molar refractivity (Wildman–Crippen MR) is 67.6 cm³/mol. The zero-order chi connectivity index (χ0) is 12.6. The number of hydrogen-bond donors (Lipinski definition) is 0. The first-order chi connectivity index (χ1) is 7.99. The Labute approximate surface area is 110 Å². The molecule has 0 radical (unpaired) electrons. The Morgan fingerprint density at radius 1 is 1.53 bits per heavy atom. The summed E-state index contributed by atoms with van der Waals surface area (Å²) in [5, 5.41) is 14.9. The van der Waals surface area contributed by atoms with Crippen molar-refractivity contribution in [1.29, 1.82) is 0 Å². The molecule has 0 amide bonds. The van der Waals surface area contributed by atoms with Gasteiger partial charge in [0, 0.05) is 18.3 Å². The summed E-state index contributed by atoms with van der Waals surface area (Å²) in [6.45, 7) is 1.76. The maximum absolute atomic E-state index is 13.4. The molecular formula is C10H7FIN3O2. The lowest BCUT2D eigenvalue weighted by Crippen LogP contribution is -2.03. The molecule has 2 aromatic rings. The molecule has 5 nitrogen and oxygen atoms in total. The lowest BCUT2D eigenvalue weighted by molar-refractivity contribution is -0.384. The van der Waals surface area contributed by atoms with Gasteiger partial charge >= 0.3 is 0 Å². The van der Waals surface area contributed by atoms with E-state index in [9.17, 15) is 14.5 Å². The number of aromatic nitrogens is 2. The van der Waals surface area contributed by atoms with Crippen molar-refractivity contribution in [3.05, 3.63) is 49.6 Å². The summed E-state index contributed by atoms with van der Waals surface area (Å²) in [5.41, 5.74) is 0.665. The van der Waals surface area contributed by atoms with Crippen LogP contribution in [-0.4, -0.2) is 14.7 Å². The molecule has 0 spiro atoms. The molecular weight excluding hydrogens is 340 g/mol. The normalized spacial score (nSPS) is 10.5. The average Bonchev–Trinajstić information content (AvgIpc) is 2.68. The maximum atomic E-state index is 13.4. The van der Waals surface area contributed by atoms with Gasteiger partial charge in [-0.05, 0) is 35.6 Å². The first-order valence-corrected chi connectivity index (χ1v) is 5.73. The van der Waals surface area contributed by atoms with Crippen molar-refractivity contribution in [3.63, 3.8) is 0 Å². The number of nitrogens with zero attached hydrogens (tertiary/aromatic N) is 3. The number of rotatable bonds is 2. The second-order valence-corrected chi connectivity index (χ2v) is 4.58. The molecule has 1 aromatic heterocycles. The van der Waals surface area contributed by atoms with Crippen molar-refractivity contribution < 1.29 is 9.31 Å². The van der Waals surface area contributed by atoms with Crippen LogP contribution in [0.15, 0.2) is 24.4 Å². The fourth-order valence-corrected chi connectivity index (χ4v) is 1.86. The molecule has 0 saturated heterocycles. The number of nitro groups is 1. The SMILES string of the molecule is Cc1ccn(-c2cc(F)c(I)cc2[N+](=O)[O-])n1. The van der Waals surface area contributed by atoms with E-state index in [1.54, 1.807) is 41.8 Å². The molecule has 0 aliphatic heterocycles. The highest BCUT2D eigenvalue weighted by Gasteiger charge is 2.19. The van der Waals surface area contributed by atoms with Crippen LogP contribution in [-0.2, 0) is 0 Å². The number of benzene rings is 1. The standard InChI is InChI=1S/C10H7FIN3O2/c1-6-2-3-14(13-6)9-4-7(11)8(12)5-10(9)15(16)17/h2-5H,1H3. The molecule has 0 aliphatic rings. The smallest absolute Gasteiger partial charge is 0.258 e. The van der Waals surface area contributed by atoms with E-state index in [1.165, 1.54) is 10.7 Å². The highest BCUT2D eigenvalue weighted by atomic mass is 127. The fourth-order valence-electron chi connectivity index (χ4n) is 1.40. The van der Waals surface area contributed by atoms with Crippen molar-refractivity contribution in [2.75, 3.05) is 0 Å². The fraction of sp³-hybridized carbons (Fsp3) is 0.100. The lowest BCUT2D eigenvalue weighted by Gasteiger charge is -2.04. The zero-order valence-electron chi connectivity index (χ0n) is 8.72.